The van der Waals surface area contributed by atoms with E-state index in [0.29, 0.717) is 51.2 Å². The Labute approximate surface area is 202 Å². The number of amides is 2. The minimum atomic E-state index is -0.354. The zero-order chi connectivity index (χ0) is 23.3. The normalized spacial score (nSPS) is 13.0. The molecule has 2 amide bonds. The number of hydrogen-bond acceptors (Lipinski definition) is 6. The summed E-state index contributed by atoms with van der Waals surface area (Å²) in [6.45, 7) is 0.835. The number of ether oxygens (including phenoxy) is 2. The molecule has 0 fully saturated rings. The van der Waals surface area contributed by atoms with E-state index in [2.05, 4.69) is 4.98 Å². The number of likely N-dealkylation sites (N-methyl/N-ethyl adjacent to an activating group) is 1. The van der Waals surface area contributed by atoms with E-state index >= 15 is 0 Å². The molecule has 2 heterocycles. The van der Waals surface area contributed by atoms with E-state index in [1.165, 1.54) is 4.90 Å². The molecule has 0 saturated carbocycles. The van der Waals surface area contributed by atoms with Crippen LogP contribution in [0.1, 0.15) is 20.7 Å². The van der Waals surface area contributed by atoms with E-state index in [1.54, 1.807) is 55.6 Å². The van der Waals surface area contributed by atoms with Gasteiger partial charge >= 0.3 is 0 Å². The summed E-state index contributed by atoms with van der Waals surface area (Å²) in [5.74, 6) is 1.04. The van der Waals surface area contributed by atoms with Gasteiger partial charge in [-0.15, -0.1) is 12.4 Å². The Morgan fingerprint density at radius 3 is 2.38 bits per heavy atom. The van der Waals surface area contributed by atoms with Crippen LogP contribution in [-0.2, 0) is 0 Å². The minimum absolute atomic E-state index is 0. The van der Waals surface area contributed by atoms with Crippen molar-refractivity contribution in [2.75, 3.05) is 34.3 Å². The van der Waals surface area contributed by atoms with Crippen LogP contribution in [0, 0.1) is 0 Å². The second-order valence-electron chi connectivity index (χ2n) is 8.24. The largest absolute Gasteiger partial charge is 0.508 e. The molecule has 34 heavy (non-hydrogen) atoms. The summed E-state index contributed by atoms with van der Waals surface area (Å²) in [6.07, 6.45) is 0. The topological polar surface area (TPSA) is 95.1 Å². The van der Waals surface area contributed by atoms with Gasteiger partial charge in [0.05, 0.1) is 23.8 Å². The number of nitrogens with zero attached hydrogens (tertiary/aromatic N) is 2. The van der Waals surface area contributed by atoms with Gasteiger partial charge in [-0.05, 0) is 62.6 Å². The van der Waals surface area contributed by atoms with Crippen molar-refractivity contribution in [1.29, 1.82) is 0 Å². The van der Waals surface area contributed by atoms with Gasteiger partial charge in [-0.25, -0.2) is 0 Å². The third-order valence-corrected chi connectivity index (χ3v) is 5.82. The predicted molar refractivity (Wildman–Crippen MR) is 132 cm³/mol. The first-order valence-electron chi connectivity index (χ1n) is 10.5. The average Bonchev–Trinajstić information content (AvgIpc) is 3.28. The Kier molecular flexibility index (Phi) is 6.12. The van der Waals surface area contributed by atoms with E-state index < -0.39 is 0 Å². The van der Waals surface area contributed by atoms with E-state index in [-0.39, 0.29) is 36.5 Å². The number of aromatic amines is 1. The molecular weight excluding hydrogens is 458 g/mol. The third kappa shape index (κ3) is 3.81. The number of hydrogen-bond donors (Lipinski definition) is 2. The Bertz CT molecular complexity index is 1410. The van der Waals surface area contributed by atoms with Gasteiger partial charge in [-0.3, -0.25) is 14.5 Å². The molecule has 1 aliphatic heterocycles. The number of rotatable bonds is 6. The van der Waals surface area contributed by atoms with Crippen molar-refractivity contribution in [3.05, 3.63) is 59.7 Å². The van der Waals surface area contributed by atoms with Crippen LogP contribution in [0.4, 0.5) is 0 Å². The van der Waals surface area contributed by atoms with Gasteiger partial charge in [-0.1, -0.05) is 0 Å². The fourth-order valence-corrected chi connectivity index (χ4v) is 4.15. The van der Waals surface area contributed by atoms with Gasteiger partial charge in [0.2, 0.25) is 0 Å². The summed E-state index contributed by atoms with van der Waals surface area (Å²) in [6, 6.07) is 13.6. The number of methoxy groups -OCH3 is 1. The number of benzene rings is 3. The molecule has 0 radical (unpaired) electrons. The number of carbonyl (C=O) groups excluding carboxylic acids is 2. The zero-order valence-electron chi connectivity index (χ0n) is 18.9. The molecule has 5 rings (SSSR count). The summed E-state index contributed by atoms with van der Waals surface area (Å²) in [5.41, 5.74) is 1.93. The van der Waals surface area contributed by atoms with Crippen molar-refractivity contribution in [2.24, 2.45) is 0 Å². The molecule has 2 N–H and O–H groups in total. The summed E-state index contributed by atoms with van der Waals surface area (Å²) in [5, 5.41) is 11.3. The molecule has 8 nitrogen and oxygen atoms in total. The molecule has 0 aliphatic carbocycles. The summed E-state index contributed by atoms with van der Waals surface area (Å²) >= 11 is 0. The fraction of sp³-hybridized carbons (Fsp3) is 0.200. The van der Waals surface area contributed by atoms with Crippen LogP contribution in [0.15, 0.2) is 48.5 Å². The number of aromatic nitrogens is 1. The van der Waals surface area contributed by atoms with Crippen molar-refractivity contribution in [2.45, 2.75) is 0 Å². The highest BCUT2D eigenvalue weighted by atomic mass is 35.5. The number of H-pyrrole nitrogens is 1. The van der Waals surface area contributed by atoms with E-state index in [4.69, 9.17) is 9.47 Å². The van der Waals surface area contributed by atoms with Crippen molar-refractivity contribution < 1.29 is 24.2 Å². The molecule has 176 valence electrons. The predicted octanol–water partition coefficient (Wildman–Crippen LogP) is 4.41. The number of halogens is 1. The van der Waals surface area contributed by atoms with Gasteiger partial charge in [0.15, 0.2) is 5.75 Å². The van der Waals surface area contributed by atoms with Crippen LogP contribution in [0.2, 0.25) is 0 Å². The molecule has 0 spiro atoms. The van der Waals surface area contributed by atoms with Gasteiger partial charge in [0.25, 0.3) is 11.8 Å². The lowest BCUT2D eigenvalue weighted by molar-refractivity contribution is 0.0645. The molecule has 0 saturated heterocycles. The second kappa shape index (κ2) is 8.89. The van der Waals surface area contributed by atoms with Crippen LogP contribution in [0.3, 0.4) is 0 Å². The standard InChI is InChI=1S/C25H23N3O5.ClH/c1-27(2)10-11-28-24(30)18-13-20(33-16-7-5-15(32-3)6-8-16)23-21(22(18)25(28)31)17-12-14(29)4-9-19(17)26-23;/h4-9,12-13,26,29H,10-11H2,1-3H3;1H. The first-order chi connectivity index (χ1) is 15.9. The number of phenols is 1. The smallest absolute Gasteiger partial charge is 0.262 e. The summed E-state index contributed by atoms with van der Waals surface area (Å²) in [7, 11) is 5.36. The Balaban J connectivity index is 0.00000274. The van der Waals surface area contributed by atoms with Gasteiger partial charge in [0, 0.05) is 29.4 Å². The molecule has 0 unspecified atom stereocenters. The third-order valence-electron chi connectivity index (χ3n) is 5.82. The van der Waals surface area contributed by atoms with Gasteiger partial charge in [0.1, 0.15) is 17.2 Å². The number of carbonyl (C=O) groups is 2. The van der Waals surface area contributed by atoms with Crippen LogP contribution in [-0.4, -0.2) is 66.0 Å². The Hall–Kier alpha value is -3.75. The first kappa shape index (κ1) is 23.4. The quantitative estimate of drug-likeness (QED) is 0.396. The first-order valence-corrected chi connectivity index (χ1v) is 10.5. The molecule has 3 aromatic carbocycles. The van der Waals surface area contributed by atoms with E-state index in [1.807, 2.05) is 19.0 Å². The monoisotopic (exact) mass is 481 g/mol. The van der Waals surface area contributed by atoms with E-state index in [0.717, 1.165) is 5.52 Å². The lowest BCUT2D eigenvalue weighted by Crippen LogP contribution is -2.35. The maximum atomic E-state index is 13.4. The lowest BCUT2D eigenvalue weighted by Gasteiger charge is -2.16. The van der Waals surface area contributed by atoms with Crippen LogP contribution in [0.25, 0.3) is 21.8 Å². The number of nitrogens with one attached hydrogen (secondary N) is 1. The van der Waals surface area contributed by atoms with Crippen molar-refractivity contribution in [1.82, 2.24) is 14.8 Å². The van der Waals surface area contributed by atoms with Gasteiger partial charge < -0.3 is 24.5 Å². The van der Waals surface area contributed by atoms with Crippen molar-refractivity contribution >= 4 is 46.0 Å². The maximum Gasteiger partial charge on any atom is 0.262 e. The lowest BCUT2D eigenvalue weighted by atomic mass is 10.0. The maximum absolute atomic E-state index is 13.4. The summed E-state index contributed by atoms with van der Waals surface area (Å²) < 4.78 is 11.4. The number of fused-ring (bicyclic) bond motifs is 5. The van der Waals surface area contributed by atoms with Crippen LogP contribution in [0.5, 0.6) is 23.0 Å². The van der Waals surface area contributed by atoms with Crippen LogP contribution >= 0.6 is 12.4 Å². The highest BCUT2D eigenvalue weighted by Crippen LogP contribution is 2.42. The molecule has 9 heteroatoms. The molecule has 0 atom stereocenters. The fourth-order valence-electron chi connectivity index (χ4n) is 4.15. The highest BCUT2D eigenvalue weighted by Gasteiger charge is 2.39. The summed E-state index contributed by atoms with van der Waals surface area (Å²) in [4.78, 5) is 33.1. The van der Waals surface area contributed by atoms with Gasteiger partial charge in [-0.2, -0.15) is 0 Å². The molecule has 1 aliphatic rings. The van der Waals surface area contributed by atoms with E-state index in [9.17, 15) is 14.7 Å². The molecule has 1 aromatic heterocycles. The number of aromatic hydroxyl groups is 1. The molecule has 4 aromatic rings. The van der Waals surface area contributed by atoms with Crippen molar-refractivity contribution in [3.8, 4) is 23.0 Å². The van der Waals surface area contributed by atoms with Crippen molar-refractivity contribution in [3.63, 3.8) is 0 Å². The Morgan fingerprint density at radius 2 is 1.71 bits per heavy atom. The number of imide groups is 1. The minimum Gasteiger partial charge on any atom is -0.508 e. The zero-order valence-corrected chi connectivity index (χ0v) is 19.7. The average molecular weight is 482 g/mol. The highest BCUT2D eigenvalue weighted by molar-refractivity contribution is 6.30. The molecule has 0 bridgehead atoms. The van der Waals surface area contributed by atoms with Crippen LogP contribution < -0.4 is 9.47 Å². The Morgan fingerprint density at radius 1 is 1.00 bits per heavy atom. The molecular formula is C25H24ClN3O5. The second-order valence-corrected chi connectivity index (χ2v) is 8.24. The SMILES string of the molecule is COc1ccc(Oc2cc3c(c4c2[nH]c2ccc(O)cc24)C(=O)N(CCN(C)C)C3=O)cc1.Cl. The number of phenolic OH excluding ortho intramolecular Hbond substituents is 1.